The van der Waals surface area contributed by atoms with Gasteiger partial charge in [0.1, 0.15) is 11.3 Å². The SMILES string of the molecule is COCc1cnc(N)nc1-c1cn(C(C)C)c2cnc(C#CC(C)(C)O)cc12. The molecule has 0 bridgehead atoms. The number of aromatic nitrogens is 4. The van der Waals surface area contributed by atoms with Gasteiger partial charge in [0.2, 0.25) is 5.95 Å². The summed E-state index contributed by atoms with van der Waals surface area (Å²) in [7, 11) is 1.63. The average Bonchev–Trinajstić information content (AvgIpc) is 3.00. The van der Waals surface area contributed by atoms with Crippen molar-refractivity contribution in [2.75, 3.05) is 12.8 Å². The molecule has 7 nitrogen and oxygen atoms in total. The van der Waals surface area contributed by atoms with E-state index in [-0.39, 0.29) is 12.0 Å². The summed E-state index contributed by atoms with van der Waals surface area (Å²) in [5.41, 5.74) is 8.82. The van der Waals surface area contributed by atoms with Gasteiger partial charge in [-0.1, -0.05) is 5.92 Å². The van der Waals surface area contributed by atoms with Crippen molar-refractivity contribution in [1.82, 2.24) is 19.5 Å². The number of nitrogens with zero attached hydrogens (tertiary/aromatic N) is 4. The molecule has 0 aliphatic carbocycles. The quantitative estimate of drug-likeness (QED) is 0.676. The number of fused-ring (bicyclic) bond motifs is 1. The number of ether oxygens (including phenoxy) is 1. The second-order valence-corrected chi connectivity index (χ2v) is 7.47. The zero-order valence-electron chi connectivity index (χ0n) is 16.8. The van der Waals surface area contributed by atoms with Crippen LogP contribution in [0.5, 0.6) is 0 Å². The minimum atomic E-state index is -1.09. The van der Waals surface area contributed by atoms with Gasteiger partial charge in [0.05, 0.1) is 24.0 Å². The lowest BCUT2D eigenvalue weighted by Gasteiger charge is -2.08. The molecule has 3 aromatic rings. The van der Waals surface area contributed by atoms with Crippen molar-refractivity contribution in [3.05, 3.63) is 35.9 Å². The highest BCUT2D eigenvalue weighted by atomic mass is 16.5. The topological polar surface area (TPSA) is 99.1 Å². The highest BCUT2D eigenvalue weighted by Crippen LogP contribution is 2.33. The minimum absolute atomic E-state index is 0.205. The highest BCUT2D eigenvalue weighted by Gasteiger charge is 2.18. The Hall–Kier alpha value is -2.95. The molecular formula is C21H25N5O2. The van der Waals surface area contributed by atoms with Crippen LogP contribution in [0.4, 0.5) is 5.95 Å². The first-order valence-electron chi connectivity index (χ1n) is 9.06. The molecule has 0 fully saturated rings. The van der Waals surface area contributed by atoms with Crippen LogP contribution in [-0.4, -0.2) is 37.3 Å². The van der Waals surface area contributed by atoms with Crippen LogP contribution in [0.15, 0.2) is 24.7 Å². The molecule has 0 aliphatic rings. The Morgan fingerprint density at radius 2 is 2.04 bits per heavy atom. The lowest BCUT2D eigenvalue weighted by molar-refractivity contribution is 0.143. The lowest BCUT2D eigenvalue weighted by atomic mass is 10.1. The minimum Gasteiger partial charge on any atom is -0.380 e. The summed E-state index contributed by atoms with van der Waals surface area (Å²) in [5, 5.41) is 10.8. The summed E-state index contributed by atoms with van der Waals surface area (Å²) < 4.78 is 7.44. The summed E-state index contributed by atoms with van der Waals surface area (Å²) in [4.78, 5) is 13.0. The fourth-order valence-electron chi connectivity index (χ4n) is 2.96. The molecule has 0 atom stereocenters. The number of nitrogen functional groups attached to an aromatic ring is 1. The second kappa shape index (κ2) is 7.58. The fourth-order valence-corrected chi connectivity index (χ4v) is 2.96. The van der Waals surface area contributed by atoms with Gasteiger partial charge >= 0.3 is 0 Å². The molecule has 3 heterocycles. The Kier molecular flexibility index (Phi) is 5.36. The fraction of sp³-hybridized carbons (Fsp3) is 0.381. The van der Waals surface area contributed by atoms with Crippen LogP contribution in [0.3, 0.4) is 0 Å². The molecule has 0 aromatic carbocycles. The maximum atomic E-state index is 9.88. The standard InChI is InChI=1S/C21H25N5O2/c1-13(2)26-11-17(19-14(12-28-5)9-24-20(22)25-19)16-8-15(23-10-18(16)26)6-7-21(3,4)27/h8-11,13,27H,12H2,1-5H3,(H2,22,24,25). The van der Waals surface area contributed by atoms with Gasteiger partial charge in [0.25, 0.3) is 0 Å². The van der Waals surface area contributed by atoms with Crippen LogP contribution >= 0.6 is 0 Å². The monoisotopic (exact) mass is 379 g/mol. The summed E-state index contributed by atoms with van der Waals surface area (Å²) >= 11 is 0. The zero-order chi connectivity index (χ0) is 20.5. The molecule has 3 rings (SSSR count). The van der Waals surface area contributed by atoms with Crippen LogP contribution in [-0.2, 0) is 11.3 Å². The molecule has 0 radical (unpaired) electrons. The average molecular weight is 379 g/mol. The van der Waals surface area contributed by atoms with E-state index in [9.17, 15) is 5.11 Å². The number of nitrogens with two attached hydrogens (primary N) is 1. The van der Waals surface area contributed by atoms with E-state index in [1.165, 1.54) is 0 Å². The molecule has 0 unspecified atom stereocenters. The highest BCUT2D eigenvalue weighted by molar-refractivity contribution is 5.96. The third-order valence-electron chi connectivity index (χ3n) is 4.21. The molecule has 146 valence electrons. The van der Waals surface area contributed by atoms with Gasteiger partial charge in [-0.15, -0.1) is 0 Å². The molecule has 0 saturated heterocycles. The third kappa shape index (κ3) is 4.14. The van der Waals surface area contributed by atoms with E-state index in [1.807, 2.05) is 12.3 Å². The Labute approximate surface area is 164 Å². The number of aliphatic hydroxyl groups is 1. The van der Waals surface area contributed by atoms with Crippen LogP contribution < -0.4 is 5.73 Å². The molecule has 7 heteroatoms. The van der Waals surface area contributed by atoms with Crippen molar-refractivity contribution in [3.63, 3.8) is 0 Å². The summed E-state index contributed by atoms with van der Waals surface area (Å²) in [6.07, 6.45) is 5.54. The van der Waals surface area contributed by atoms with E-state index < -0.39 is 5.60 Å². The Morgan fingerprint density at radius 3 is 2.68 bits per heavy atom. The third-order valence-corrected chi connectivity index (χ3v) is 4.21. The van der Waals surface area contributed by atoms with Crippen molar-refractivity contribution in [3.8, 4) is 23.1 Å². The number of hydrogen-bond donors (Lipinski definition) is 2. The Morgan fingerprint density at radius 1 is 1.29 bits per heavy atom. The zero-order valence-corrected chi connectivity index (χ0v) is 16.8. The van der Waals surface area contributed by atoms with Crippen molar-refractivity contribution in [2.45, 2.75) is 45.9 Å². The Balaban J connectivity index is 2.27. The van der Waals surface area contributed by atoms with Gasteiger partial charge in [0.15, 0.2) is 0 Å². The summed E-state index contributed by atoms with van der Waals surface area (Å²) in [5.74, 6) is 5.95. The van der Waals surface area contributed by atoms with E-state index in [4.69, 9.17) is 10.5 Å². The van der Waals surface area contributed by atoms with Crippen molar-refractivity contribution in [1.29, 1.82) is 0 Å². The maximum absolute atomic E-state index is 9.88. The summed E-state index contributed by atoms with van der Waals surface area (Å²) in [6.45, 7) is 7.87. The van der Waals surface area contributed by atoms with Crippen molar-refractivity contribution < 1.29 is 9.84 Å². The molecule has 3 aromatic heterocycles. The number of anilines is 1. The van der Waals surface area contributed by atoms with Crippen molar-refractivity contribution >= 4 is 16.9 Å². The van der Waals surface area contributed by atoms with Crippen LogP contribution in [0.1, 0.15) is 45.0 Å². The van der Waals surface area contributed by atoms with E-state index in [0.29, 0.717) is 12.3 Å². The molecule has 0 spiro atoms. The lowest BCUT2D eigenvalue weighted by Crippen LogP contribution is -2.14. The van der Waals surface area contributed by atoms with Crippen LogP contribution in [0, 0.1) is 11.8 Å². The smallest absolute Gasteiger partial charge is 0.220 e. The Bertz CT molecular complexity index is 1070. The second-order valence-electron chi connectivity index (χ2n) is 7.47. The van der Waals surface area contributed by atoms with Gasteiger partial charge in [-0.2, -0.15) is 0 Å². The molecule has 28 heavy (non-hydrogen) atoms. The van der Waals surface area contributed by atoms with E-state index in [1.54, 1.807) is 33.4 Å². The first-order valence-corrected chi connectivity index (χ1v) is 9.06. The van der Waals surface area contributed by atoms with Crippen LogP contribution in [0.2, 0.25) is 0 Å². The van der Waals surface area contributed by atoms with Gasteiger partial charge in [0, 0.05) is 42.1 Å². The van der Waals surface area contributed by atoms with Gasteiger partial charge < -0.3 is 20.1 Å². The van der Waals surface area contributed by atoms with Gasteiger partial charge in [-0.25, -0.2) is 15.0 Å². The predicted molar refractivity (Wildman–Crippen MR) is 109 cm³/mol. The van der Waals surface area contributed by atoms with Gasteiger partial charge in [-0.3, -0.25) is 0 Å². The molecular weight excluding hydrogens is 354 g/mol. The van der Waals surface area contributed by atoms with Crippen LogP contribution in [0.25, 0.3) is 22.2 Å². The molecule has 0 saturated carbocycles. The van der Waals surface area contributed by atoms with Gasteiger partial charge in [-0.05, 0) is 39.7 Å². The normalized spacial score (nSPS) is 11.7. The number of hydrogen-bond acceptors (Lipinski definition) is 6. The largest absolute Gasteiger partial charge is 0.380 e. The number of rotatable bonds is 4. The molecule has 3 N–H and O–H groups in total. The van der Waals surface area contributed by atoms with E-state index in [2.05, 4.69) is 45.2 Å². The maximum Gasteiger partial charge on any atom is 0.220 e. The molecule has 0 amide bonds. The predicted octanol–water partition coefficient (Wildman–Crippen LogP) is 2.93. The number of methoxy groups -OCH3 is 1. The molecule has 0 aliphatic heterocycles. The number of pyridine rings is 1. The first kappa shape index (κ1) is 19.8. The van der Waals surface area contributed by atoms with Crippen molar-refractivity contribution in [2.24, 2.45) is 0 Å². The first-order chi connectivity index (χ1) is 13.2. The summed E-state index contributed by atoms with van der Waals surface area (Å²) in [6, 6.07) is 2.15. The van der Waals surface area contributed by atoms with E-state index >= 15 is 0 Å². The van der Waals surface area contributed by atoms with E-state index in [0.717, 1.165) is 27.7 Å².